The van der Waals surface area contributed by atoms with Crippen LogP contribution in [-0.2, 0) is 0 Å². The maximum absolute atomic E-state index is 10.3. The highest BCUT2D eigenvalue weighted by molar-refractivity contribution is 7.13. The largest absolute Gasteiger partial charge is 0.391 e. The molecule has 2 unspecified atom stereocenters. The Balaban J connectivity index is 1.94. The summed E-state index contributed by atoms with van der Waals surface area (Å²) in [5.41, 5.74) is 0. The molecule has 0 bridgehead atoms. The number of imidazole rings is 1. The molecule has 0 aromatic carbocycles. The van der Waals surface area contributed by atoms with Crippen LogP contribution in [-0.4, -0.2) is 20.8 Å². The molecular formula is C14H18N2OS. The zero-order valence-corrected chi connectivity index (χ0v) is 11.1. The Kier molecular flexibility index (Phi) is 3.48. The Morgan fingerprint density at radius 3 is 3.00 bits per heavy atom. The van der Waals surface area contributed by atoms with Gasteiger partial charge in [0.25, 0.3) is 0 Å². The summed E-state index contributed by atoms with van der Waals surface area (Å²) >= 11 is 1.70. The van der Waals surface area contributed by atoms with Gasteiger partial charge in [0.05, 0.1) is 17.0 Å². The second-order valence-corrected chi connectivity index (χ2v) is 5.86. The lowest BCUT2D eigenvalue weighted by Gasteiger charge is -2.23. The van der Waals surface area contributed by atoms with E-state index >= 15 is 0 Å². The van der Waals surface area contributed by atoms with Crippen LogP contribution in [0.3, 0.4) is 0 Å². The fourth-order valence-corrected chi connectivity index (χ4v) is 3.49. The smallest absolute Gasteiger partial charge is 0.150 e. The summed E-state index contributed by atoms with van der Waals surface area (Å²) in [6, 6.07) is 4.32. The Labute approximate surface area is 111 Å². The number of rotatable bonds is 2. The summed E-state index contributed by atoms with van der Waals surface area (Å²) in [6.45, 7) is 0. The summed E-state index contributed by atoms with van der Waals surface area (Å²) < 4.78 is 2.17. The number of aliphatic hydroxyl groups is 1. The van der Waals surface area contributed by atoms with E-state index in [0.717, 1.165) is 25.1 Å². The van der Waals surface area contributed by atoms with Crippen LogP contribution >= 0.6 is 11.3 Å². The van der Waals surface area contributed by atoms with E-state index in [-0.39, 0.29) is 12.1 Å². The van der Waals surface area contributed by atoms with Crippen molar-refractivity contribution in [1.82, 2.24) is 9.55 Å². The van der Waals surface area contributed by atoms with Crippen molar-refractivity contribution in [3.8, 4) is 10.7 Å². The SMILES string of the molecule is OC1CCCCCC1n1ccnc1-c1cccs1. The third-order valence-electron chi connectivity index (χ3n) is 3.71. The van der Waals surface area contributed by atoms with Crippen molar-refractivity contribution in [2.45, 2.75) is 44.2 Å². The van der Waals surface area contributed by atoms with Crippen LogP contribution in [0.15, 0.2) is 29.9 Å². The minimum absolute atomic E-state index is 0.187. The first-order valence-electron chi connectivity index (χ1n) is 6.61. The number of hydrogen-bond acceptors (Lipinski definition) is 3. The monoisotopic (exact) mass is 262 g/mol. The van der Waals surface area contributed by atoms with Crippen LogP contribution < -0.4 is 0 Å². The molecule has 3 nitrogen and oxygen atoms in total. The molecule has 0 aliphatic heterocycles. The lowest BCUT2D eigenvalue weighted by Crippen LogP contribution is -2.23. The molecule has 18 heavy (non-hydrogen) atoms. The minimum Gasteiger partial charge on any atom is -0.391 e. The summed E-state index contributed by atoms with van der Waals surface area (Å²) in [7, 11) is 0. The highest BCUT2D eigenvalue weighted by Crippen LogP contribution is 2.32. The molecule has 0 amide bonds. The van der Waals surface area contributed by atoms with Crippen molar-refractivity contribution in [1.29, 1.82) is 0 Å². The normalized spacial score (nSPS) is 24.9. The topological polar surface area (TPSA) is 38.0 Å². The Bertz CT molecular complexity index is 492. The molecule has 1 N–H and O–H groups in total. The van der Waals surface area contributed by atoms with E-state index < -0.39 is 0 Å². The van der Waals surface area contributed by atoms with Gasteiger partial charge < -0.3 is 9.67 Å². The van der Waals surface area contributed by atoms with Crippen molar-refractivity contribution < 1.29 is 5.11 Å². The summed E-state index contributed by atoms with van der Waals surface area (Å²) in [5.74, 6) is 0.996. The number of hydrogen-bond donors (Lipinski definition) is 1. The third-order valence-corrected chi connectivity index (χ3v) is 4.58. The molecule has 3 rings (SSSR count). The molecular weight excluding hydrogens is 244 g/mol. The summed E-state index contributed by atoms with van der Waals surface area (Å²) in [4.78, 5) is 5.64. The average molecular weight is 262 g/mol. The molecule has 0 radical (unpaired) electrons. The number of nitrogens with zero attached hydrogens (tertiary/aromatic N) is 2. The van der Waals surface area contributed by atoms with Gasteiger partial charge in [-0.2, -0.15) is 0 Å². The van der Waals surface area contributed by atoms with Crippen LogP contribution in [0.25, 0.3) is 10.7 Å². The van der Waals surface area contributed by atoms with Crippen molar-refractivity contribution in [2.75, 3.05) is 0 Å². The highest BCUT2D eigenvalue weighted by Gasteiger charge is 2.25. The van der Waals surface area contributed by atoms with Crippen LogP contribution in [0.4, 0.5) is 0 Å². The number of aromatic nitrogens is 2. The van der Waals surface area contributed by atoms with Crippen LogP contribution in [0.2, 0.25) is 0 Å². The standard InChI is InChI=1S/C14H18N2OS/c17-12-6-3-1-2-5-11(12)16-9-8-15-14(16)13-7-4-10-18-13/h4,7-12,17H,1-3,5-6H2. The molecule has 1 fully saturated rings. The Morgan fingerprint density at radius 1 is 1.28 bits per heavy atom. The lowest BCUT2D eigenvalue weighted by atomic mass is 10.1. The Hall–Kier alpha value is -1.13. The molecule has 2 aromatic heterocycles. The van der Waals surface area contributed by atoms with Gasteiger partial charge in [0.15, 0.2) is 0 Å². The van der Waals surface area contributed by atoms with E-state index in [4.69, 9.17) is 0 Å². The first-order valence-corrected chi connectivity index (χ1v) is 7.49. The van der Waals surface area contributed by atoms with Crippen molar-refractivity contribution in [3.63, 3.8) is 0 Å². The zero-order chi connectivity index (χ0) is 12.4. The van der Waals surface area contributed by atoms with Gasteiger partial charge >= 0.3 is 0 Å². The van der Waals surface area contributed by atoms with E-state index in [1.165, 1.54) is 17.7 Å². The molecule has 96 valence electrons. The summed E-state index contributed by atoms with van der Waals surface area (Å²) in [5, 5.41) is 12.4. The maximum Gasteiger partial charge on any atom is 0.150 e. The van der Waals surface area contributed by atoms with Gasteiger partial charge in [-0.1, -0.05) is 25.3 Å². The van der Waals surface area contributed by atoms with Crippen molar-refractivity contribution >= 4 is 11.3 Å². The first kappa shape index (κ1) is 11.9. The fraction of sp³-hybridized carbons (Fsp3) is 0.500. The molecule has 1 saturated carbocycles. The van der Waals surface area contributed by atoms with E-state index in [1.54, 1.807) is 11.3 Å². The molecule has 2 heterocycles. The Morgan fingerprint density at radius 2 is 2.17 bits per heavy atom. The van der Waals surface area contributed by atoms with E-state index in [2.05, 4.69) is 21.0 Å². The zero-order valence-electron chi connectivity index (χ0n) is 10.3. The third kappa shape index (κ3) is 2.22. The second-order valence-electron chi connectivity index (χ2n) is 4.91. The lowest BCUT2D eigenvalue weighted by molar-refractivity contribution is 0.106. The van der Waals surface area contributed by atoms with Gasteiger partial charge in [-0.3, -0.25) is 0 Å². The minimum atomic E-state index is -0.236. The van der Waals surface area contributed by atoms with E-state index in [0.29, 0.717) is 0 Å². The number of aliphatic hydroxyl groups excluding tert-OH is 1. The van der Waals surface area contributed by atoms with Gasteiger partial charge in [0.2, 0.25) is 0 Å². The highest BCUT2D eigenvalue weighted by atomic mass is 32.1. The van der Waals surface area contributed by atoms with Gasteiger partial charge in [0, 0.05) is 12.4 Å². The quantitative estimate of drug-likeness (QED) is 0.841. The van der Waals surface area contributed by atoms with Gasteiger partial charge in [-0.25, -0.2) is 4.98 Å². The van der Waals surface area contributed by atoms with Gasteiger partial charge in [0.1, 0.15) is 5.82 Å². The summed E-state index contributed by atoms with van der Waals surface area (Å²) in [6.07, 6.45) is 9.14. The predicted molar refractivity (Wildman–Crippen MR) is 73.7 cm³/mol. The fourth-order valence-electron chi connectivity index (χ4n) is 2.77. The van der Waals surface area contributed by atoms with Crippen LogP contribution in [0.5, 0.6) is 0 Å². The van der Waals surface area contributed by atoms with E-state index in [1.807, 2.05) is 18.5 Å². The predicted octanol–water partition coefficient (Wildman–Crippen LogP) is 3.48. The van der Waals surface area contributed by atoms with E-state index in [9.17, 15) is 5.11 Å². The molecule has 0 saturated heterocycles. The molecule has 1 aliphatic rings. The molecule has 2 aromatic rings. The first-order chi connectivity index (χ1) is 8.86. The second kappa shape index (κ2) is 5.24. The van der Waals surface area contributed by atoms with Crippen molar-refractivity contribution in [3.05, 3.63) is 29.9 Å². The maximum atomic E-state index is 10.3. The van der Waals surface area contributed by atoms with Crippen LogP contribution in [0.1, 0.15) is 38.1 Å². The van der Waals surface area contributed by atoms with Crippen LogP contribution in [0, 0.1) is 0 Å². The average Bonchev–Trinajstić information content (AvgIpc) is 3.00. The van der Waals surface area contributed by atoms with Crippen molar-refractivity contribution in [2.24, 2.45) is 0 Å². The van der Waals surface area contributed by atoms with Gasteiger partial charge in [-0.15, -0.1) is 11.3 Å². The molecule has 0 spiro atoms. The molecule has 1 aliphatic carbocycles. The number of thiophene rings is 1. The molecule has 4 heteroatoms. The molecule has 2 atom stereocenters. The van der Waals surface area contributed by atoms with Gasteiger partial charge in [-0.05, 0) is 24.3 Å².